The van der Waals surface area contributed by atoms with Crippen LogP contribution in [0.25, 0.3) is 0 Å². The van der Waals surface area contributed by atoms with Crippen LogP contribution in [0.3, 0.4) is 0 Å². The topological polar surface area (TPSA) is 75.7 Å². The molecule has 0 saturated heterocycles. The van der Waals surface area contributed by atoms with Gasteiger partial charge in [-0.2, -0.15) is 0 Å². The molecular weight excluding hydrogens is 364 g/mol. The van der Waals surface area contributed by atoms with Crippen LogP contribution in [0.5, 0.6) is 5.75 Å². The molecule has 2 rings (SSSR count). The van der Waals surface area contributed by atoms with Crippen molar-refractivity contribution < 1.29 is 17.9 Å². The second kappa shape index (κ2) is 9.41. The highest BCUT2D eigenvalue weighted by Crippen LogP contribution is 2.22. The molecule has 0 saturated carbocycles. The molecule has 0 bridgehead atoms. The maximum absolute atomic E-state index is 12.2. The van der Waals surface area contributed by atoms with Crippen LogP contribution in [0, 0.1) is 0 Å². The second-order valence-corrected chi connectivity index (χ2v) is 8.42. The molecule has 6 nitrogen and oxygen atoms in total. The van der Waals surface area contributed by atoms with Gasteiger partial charge in [0.05, 0.1) is 18.0 Å². The van der Waals surface area contributed by atoms with Crippen molar-refractivity contribution in [3.05, 3.63) is 60.2 Å². The molecule has 1 N–H and O–H groups in total. The Kier molecular flexibility index (Phi) is 7.24. The first kappa shape index (κ1) is 20.8. The van der Waals surface area contributed by atoms with Crippen molar-refractivity contribution in [1.82, 2.24) is 5.32 Å². The van der Waals surface area contributed by atoms with Crippen LogP contribution >= 0.6 is 0 Å². The highest BCUT2D eigenvalue weighted by atomic mass is 32.2. The quantitative estimate of drug-likeness (QED) is 0.714. The van der Waals surface area contributed by atoms with Gasteiger partial charge in [0.25, 0.3) is 0 Å². The molecule has 0 atom stereocenters. The zero-order chi connectivity index (χ0) is 19.9. The molecule has 0 spiro atoms. The van der Waals surface area contributed by atoms with Crippen LogP contribution in [0.4, 0.5) is 5.69 Å². The number of amides is 1. The standard InChI is InChI=1S/C20H26N2O4S/c1-16(2)26-19-11-9-18(10-12-19)22(27(3,24)25)15-20(23)21-14-13-17-7-5-4-6-8-17/h4-12,16H,13-15H2,1-3H3,(H,21,23). The summed E-state index contributed by atoms with van der Waals surface area (Å²) in [5.74, 6) is 0.299. The lowest BCUT2D eigenvalue weighted by atomic mass is 10.1. The third kappa shape index (κ3) is 6.94. The van der Waals surface area contributed by atoms with Gasteiger partial charge in [0.15, 0.2) is 0 Å². The predicted octanol–water partition coefficient (Wildman–Crippen LogP) is 2.60. The van der Waals surface area contributed by atoms with Crippen molar-refractivity contribution >= 4 is 21.6 Å². The van der Waals surface area contributed by atoms with Crippen LogP contribution in [0.2, 0.25) is 0 Å². The minimum atomic E-state index is -3.59. The zero-order valence-electron chi connectivity index (χ0n) is 15.9. The van der Waals surface area contributed by atoms with Crippen LogP contribution < -0.4 is 14.4 Å². The van der Waals surface area contributed by atoms with Crippen molar-refractivity contribution in [2.24, 2.45) is 0 Å². The lowest BCUT2D eigenvalue weighted by molar-refractivity contribution is -0.119. The minimum absolute atomic E-state index is 0.0252. The monoisotopic (exact) mass is 390 g/mol. The molecule has 0 heterocycles. The van der Waals surface area contributed by atoms with Gasteiger partial charge in [-0.25, -0.2) is 8.42 Å². The third-order valence-corrected chi connectivity index (χ3v) is 4.90. The van der Waals surface area contributed by atoms with Gasteiger partial charge < -0.3 is 10.1 Å². The van der Waals surface area contributed by atoms with E-state index in [1.807, 2.05) is 44.2 Å². The Balaban J connectivity index is 1.98. The molecule has 0 fully saturated rings. The van der Waals surface area contributed by atoms with Gasteiger partial charge in [-0.3, -0.25) is 9.10 Å². The molecule has 7 heteroatoms. The summed E-state index contributed by atoms with van der Waals surface area (Å²) in [4.78, 5) is 12.2. The maximum atomic E-state index is 12.2. The Morgan fingerprint density at radius 3 is 2.26 bits per heavy atom. The van der Waals surface area contributed by atoms with Gasteiger partial charge in [0.2, 0.25) is 15.9 Å². The highest BCUT2D eigenvalue weighted by molar-refractivity contribution is 7.92. The van der Waals surface area contributed by atoms with Gasteiger partial charge in [-0.15, -0.1) is 0 Å². The van der Waals surface area contributed by atoms with Crippen molar-refractivity contribution in [3.63, 3.8) is 0 Å². The van der Waals surface area contributed by atoms with Gasteiger partial charge >= 0.3 is 0 Å². The average Bonchev–Trinajstić information content (AvgIpc) is 2.60. The number of rotatable bonds is 9. The van der Waals surface area contributed by atoms with E-state index in [9.17, 15) is 13.2 Å². The van der Waals surface area contributed by atoms with Crippen molar-refractivity contribution in [3.8, 4) is 5.75 Å². The SMILES string of the molecule is CC(C)Oc1ccc(N(CC(=O)NCCc2ccccc2)S(C)(=O)=O)cc1. The van der Waals surface area contributed by atoms with Crippen molar-refractivity contribution in [1.29, 1.82) is 0 Å². The number of carbonyl (C=O) groups excluding carboxylic acids is 1. The molecule has 0 aromatic heterocycles. The highest BCUT2D eigenvalue weighted by Gasteiger charge is 2.20. The fraction of sp³-hybridized carbons (Fsp3) is 0.350. The largest absolute Gasteiger partial charge is 0.491 e. The number of nitrogens with one attached hydrogen (secondary N) is 1. The summed E-state index contributed by atoms with van der Waals surface area (Å²) in [5, 5.41) is 2.77. The number of sulfonamides is 1. The second-order valence-electron chi connectivity index (χ2n) is 6.52. The van der Waals surface area contributed by atoms with E-state index in [0.29, 0.717) is 24.4 Å². The first-order valence-corrected chi connectivity index (χ1v) is 10.7. The Morgan fingerprint density at radius 2 is 1.70 bits per heavy atom. The van der Waals surface area contributed by atoms with E-state index in [1.165, 1.54) is 0 Å². The summed E-state index contributed by atoms with van der Waals surface area (Å²) in [6, 6.07) is 16.4. The normalized spacial score (nSPS) is 11.3. The molecule has 2 aromatic rings. The number of benzene rings is 2. The van der Waals surface area contributed by atoms with E-state index in [1.54, 1.807) is 24.3 Å². The number of anilines is 1. The van der Waals surface area contributed by atoms with Crippen LogP contribution in [-0.2, 0) is 21.2 Å². The van der Waals surface area contributed by atoms with Gasteiger partial charge in [-0.1, -0.05) is 30.3 Å². The molecule has 0 aliphatic rings. The molecule has 1 amide bonds. The summed E-state index contributed by atoms with van der Waals surface area (Å²) < 4.78 is 30.9. The molecular formula is C20H26N2O4S. The first-order valence-electron chi connectivity index (χ1n) is 8.81. The third-order valence-electron chi connectivity index (χ3n) is 3.76. The lowest BCUT2D eigenvalue weighted by Gasteiger charge is -2.22. The van der Waals surface area contributed by atoms with E-state index in [0.717, 1.165) is 16.1 Å². The van der Waals surface area contributed by atoms with Crippen molar-refractivity contribution in [2.45, 2.75) is 26.4 Å². The Labute approximate surface area is 161 Å². The number of nitrogens with zero attached hydrogens (tertiary/aromatic N) is 1. The predicted molar refractivity (Wildman–Crippen MR) is 108 cm³/mol. The summed E-state index contributed by atoms with van der Waals surface area (Å²) >= 11 is 0. The van der Waals surface area contributed by atoms with Gasteiger partial charge in [-0.05, 0) is 50.1 Å². The molecule has 0 radical (unpaired) electrons. The molecule has 2 aromatic carbocycles. The number of carbonyl (C=O) groups is 1. The maximum Gasteiger partial charge on any atom is 0.240 e. The molecule has 146 valence electrons. The fourth-order valence-corrected chi connectivity index (χ4v) is 3.40. The number of hydrogen-bond acceptors (Lipinski definition) is 4. The number of hydrogen-bond donors (Lipinski definition) is 1. The zero-order valence-corrected chi connectivity index (χ0v) is 16.7. The molecule has 0 aliphatic carbocycles. The Bertz CT molecular complexity index is 834. The Hall–Kier alpha value is -2.54. The van der Waals surface area contributed by atoms with Crippen molar-refractivity contribution in [2.75, 3.05) is 23.7 Å². The average molecular weight is 391 g/mol. The summed E-state index contributed by atoms with van der Waals surface area (Å²) in [5.41, 5.74) is 1.53. The summed E-state index contributed by atoms with van der Waals surface area (Å²) in [6.07, 6.45) is 1.80. The van der Waals surface area contributed by atoms with E-state index in [2.05, 4.69) is 5.32 Å². The minimum Gasteiger partial charge on any atom is -0.491 e. The van der Waals surface area contributed by atoms with Crippen LogP contribution in [-0.4, -0.2) is 39.8 Å². The van der Waals surface area contributed by atoms with E-state index in [-0.39, 0.29) is 18.6 Å². The first-order chi connectivity index (χ1) is 12.8. The number of ether oxygens (including phenoxy) is 1. The van der Waals surface area contributed by atoms with E-state index < -0.39 is 10.0 Å². The summed E-state index contributed by atoms with van der Waals surface area (Å²) in [6.45, 7) is 4.01. The van der Waals surface area contributed by atoms with E-state index >= 15 is 0 Å². The van der Waals surface area contributed by atoms with Crippen LogP contribution in [0.1, 0.15) is 19.4 Å². The smallest absolute Gasteiger partial charge is 0.240 e. The van der Waals surface area contributed by atoms with Crippen LogP contribution in [0.15, 0.2) is 54.6 Å². The van der Waals surface area contributed by atoms with Gasteiger partial charge in [0.1, 0.15) is 12.3 Å². The molecule has 27 heavy (non-hydrogen) atoms. The van der Waals surface area contributed by atoms with Gasteiger partial charge in [0, 0.05) is 6.54 Å². The molecule has 0 unspecified atom stereocenters. The summed E-state index contributed by atoms with van der Waals surface area (Å²) in [7, 11) is -3.59. The lowest BCUT2D eigenvalue weighted by Crippen LogP contribution is -2.40. The molecule has 0 aliphatic heterocycles. The Morgan fingerprint density at radius 1 is 1.07 bits per heavy atom. The van der Waals surface area contributed by atoms with E-state index in [4.69, 9.17) is 4.74 Å². The fourth-order valence-electron chi connectivity index (χ4n) is 2.54.